The quantitative estimate of drug-likeness (QED) is 0.473. The van der Waals surface area contributed by atoms with Crippen molar-refractivity contribution in [3.05, 3.63) is 29.8 Å². The molecule has 0 radical (unpaired) electrons. The lowest BCUT2D eigenvalue weighted by Crippen LogP contribution is -2.16. The van der Waals surface area contributed by atoms with Crippen molar-refractivity contribution in [3.63, 3.8) is 0 Å². The number of oxime groups is 1. The Labute approximate surface area is 113 Å². The lowest BCUT2D eigenvalue weighted by atomic mass is 10.1. The minimum atomic E-state index is -3.00. The summed E-state index contributed by atoms with van der Waals surface area (Å²) in [5.74, 6) is 0.822. The summed E-state index contributed by atoms with van der Waals surface area (Å²) in [6, 6.07) is 6.95. The van der Waals surface area contributed by atoms with E-state index in [9.17, 15) is 8.42 Å². The second-order valence-electron chi connectivity index (χ2n) is 4.21. The Hall–Kier alpha value is -1.56. The van der Waals surface area contributed by atoms with E-state index in [-0.39, 0.29) is 18.1 Å². The van der Waals surface area contributed by atoms with Gasteiger partial charge in [0, 0.05) is 0 Å². The van der Waals surface area contributed by atoms with Crippen LogP contribution in [-0.2, 0) is 9.84 Å². The minimum absolute atomic E-state index is 0.0275. The van der Waals surface area contributed by atoms with Crippen molar-refractivity contribution in [2.75, 3.05) is 18.1 Å². The van der Waals surface area contributed by atoms with Gasteiger partial charge in [-0.1, -0.05) is 12.1 Å². The van der Waals surface area contributed by atoms with Crippen molar-refractivity contribution in [1.29, 1.82) is 0 Å². The van der Waals surface area contributed by atoms with Crippen LogP contribution in [0.25, 0.3) is 0 Å². The van der Waals surface area contributed by atoms with Gasteiger partial charge in [-0.2, -0.15) is 0 Å². The van der Waals surface area contributed by atoms with Crippen LogP contribution < -0.4 is 4.74 Å². The predicted molar refractivity (Wildman–Crippen MR) is 74.9 cm³/mol. The third kappa shape index (κ3) is 5.30. The van der Waals surface area contributed by atoms with Crippen LogP contribution in [0.4, 0.5) is 0 Å². The summed E-state index contributed by atoms with van der Waals surface area (Å²) in [6.07, 6.45) is 0.622. The van der Waals surface area contributed by atoms with Crippen molar-refractivity contribution in [2.45, 2.75) is 20.3 Å². The fraction of sp³-hybridized carbons (Fsp3) is 0.462. The van der Waals surface area contributed by atoms with E-state index in [1.807, 2.05) is 6.92 Å². The van der Waals surface area contributed by atoms with Gasteiger partial charge in [0.2, 0.25) is 0 Å². The van der Waals surface area contributed by atoms with Gasteiger partial charge in [-0.15, -0.1) is 0 Å². The van der Waals surface area contributed by atoms with E-state index in [2.05, 4.69) is 5.16 Å². The Kier molecular flexibility index (Phi) is 5.82. The highest BCUT2D eigenvalue weighted by Gasteiger charge is 2.09. The molecule has 0 atom stereocenters. The number of hydrogen-bond donors (Lipinski definition) is 1. The first-order valence-corrected chi connectivity index (χ1v) is 7.93. The van der Waals surface area contributed by atoms with E-state index < -0.39 is 9.84 Å². The molecule has 0 spiro atoms. The van der Waals surface area contributed by atoms with Crippen LogP contribution in [0.3, 0.4) is 0 Å². The molecular formula is C13H19NO4S. The molecule has 6 heteroatoms. The van der Waals surface area contributed by atoms with Crippen LogP contribution in [0.15, 0.2) is 29.4 Å². The van der Waals surface area contributed by atoms with E-state index in [0.29, 0.717) is 17.9 Å². The zero-order chi connectivity index (χ0) is 14.3. The lowest BCUT2D eigenvalue weighted by molar-refractivity contribution is 0.319. The van der Waals surface area contributed by atoms with Gasteiger partial charge in [-0.05, 0) is 43.2 Å². The highest BCUT2D eigenvalue weighted by atomic mass is 32.2. The van der Waals surface area contributed by atoms with Crippen molar-refractivity contribution >= 4 is 15.5 Å². The van der Waals surface area contributed by atoms with Gasteiger partial charge >= 0.3 is 0 Å². The molecular weight excluding hydrogens is 266 g/mol. The summed E-state index contributed by atoms with van der Waals surface area (Å²) in [4.78, 5) is 0. The van der Waals surface area contributed by atoms with Gasteiger partial charge in [0.15, 0.2) is 9.84 Å². The molecule has 0 heterocycles. The number of nitrogens with zero attached hydrogens (tertiary/aromatic N) is 1. The van der Waals surface area contributed by atoms with E-state index in [4.69, 9.17) is 9.94 Å². The maximum absolute atomic E-state index is 11.5. The SMILES string of the molecule is CCCS(=O)(=O)CCOc1ccc(/C(C)=N/O)cc1. The molecule has 0 unspecified atom stereocenters. The Balaban J connectivity index is 2.51. The molecule has 0 bridgehead atoms. The molecule has 0 aliphatic rings. The average molecular weight is 285 g/mol. The monoisotopic (exact) mass is 285 g/mol. The second-order valence-corrected chi connectivity index (χ2v) is 6.51. The van der Waals surface area contributed by atoms with Crippen LogP contribution in [-0.4, -0.2) is 37.4 Å². The van der Waals surface area contributed by atoms with E-state index in [0.717, 1.165) is 5.56 Å². The first-order chi connectivity index (χ1) is 8.98. The minimum Gasteiger partial charge on any atom is -0.493 e. The van der Waals surface area contributed by atoms with Crippen LogP contribution in [0.2, 0.25) is 0 Å². The van der Waals surface area contributed by atoms with Gasteiger partial charge in [0.25, 0.3) is 0 Å². The molecule has 1 aromatic rings. The molecule has 0 aliphatic carbocycles. The maximum Gasteiger partial charge on any atom is 0.153 e. The summed E-state index contributed by atoms with van der Waals surface area (Å²) < 4.78 is 28.3. The standard InChI is InChI=1S/C13H19NO4S/c1-3-9-19(16,17)10-8-18-13-6-4-12(5-7-13)11(2)14-15/h4-7,15H,3,8-10H2,1-2H3/b14-11+. The summed E-state index contributed by atoms with van der Waals surface area (Å²) in [5, 5.41) is 11.7. The molecule has 1 aromatic carbocycles. The number of benzene rings is 1. The zero-order valence-electron chi connectivity index (χ0n) is 11.2. The van der Waals surface area contributed by atoms with Gasteiger partial charge in [0.05, 0.1) is 17.2 Å². The van der Waals surface area contributed by atoms with Crippen molar-refractivity contribution in [1.82, 2.24) is 0 Å². The zero-order valence-corrected chi connectivity index (χ0v) is 12.0. The van der Waals surface area contributed by atoms with E-state index >= 15 is 0 Å². The molecule has 19 heavy (non-hydrogen) atoms. The number of ether oxygens (including phenoxy) is 1. The summed E-state index contributed by atoms with van der Waals surface area (Å²) in [5.41, 5.74) is 1.30. The average Bonchev–Trinajstić information content (AvgIpc) is 2.38. The van der Waals surface area contributed by atoms with Crippen LogP contribution >= 0.6 is 0 Å². The predicted octanol–water partition coefficient (Wildman–Crippen LogP) is 2.09. The van der Waals surface area contributed by atoms with Gasteiger partial charge in [-0.25, -0.2) is 8.42 Å². The molecule has 0 amide bonds. The largest absolute Gasteiger partial charge is 0.493 e. The van der Waals surface area contributed by atoms with E-state index in [1.54, 1.807) is 31.2 Å². The first-order valence-electron chi connectivity index (χ1n) is 6.11. The number of hydrogen-bond acceptors (Lipinski definition) is 5. The summed E-state index contributed by atoms with van der Waals surface area (Å²) >= 11 is 0. The highest BCUT2D eigenvalue weighted by molar-refractivity contribution is 7.91. The Bertz CT molecular complexity index is 520. The molecule has 1 N–H and O–H groups in total. The molecule has 0 aromatic heterocycles. The Morgan fingerprint density at radius 1 is 1.26 bits per heavy atom. The molecule has 5 nitrogen and oxygen atoms in total. The Morgan fingerprint density at radius 2 is 1.89 bits per heavy atom. The van der Waals surface area contributed by atoms with Crippen LogP contribution in [0, 0.1) is 0 Å². The van der Waals surface area contributed by atoms with Gasteiger partial charge < -0.3 is 9.94 Å². The number of rotatable bonds is 7. The van der Waals surface area contributed by atoms with Gasteiger partial charge in [-0.3, -0.25) is 0 Å². The normalized spacial score (nSPS) is 12.4. The fourth-order valence-corrected chi connectivity index (χ4v) is 2.71. The first kappa shape index (κ1) is 15.5. The van der Waals surface area contributed by atoms with Gasteiger partial charge in [0.1, 0.15) is 12.4 Å². The third-order valence-corrected chi connectivity index (χ3v) is 4.42. The highest BCUT2D eigenvalue weighted by Crippen LogP contribution is 2.13. The van der Waals surface area contributed by atoms with Crippen LogP contribution in [0.5, 0.6) is 5.75 Å². The van der Waals surface area contributed by atoms with Crippen molar-refractivity contribution in [3.8, 4) is 5.75 Å². The summed E-state index contributed by atoms with van der Waals surface area (Å²) in [6.45, 7) is 3.67. The third-order valence-electron chi connectivity index (χ3n) is 2.60. The maximum atomic E-state index is 11.5. The summed E-state index contributed by atoms with van der Waals surface area (Å²) in [7, 11) is -3.00. The molecule has 1 rings (SSSR count). The van der Waals surface area contributed by atoms with Crippen LogP contribution in [0.1, 0.15) is 25.8 Å². The molecule has 0 saturated carbocycles. The molecule has 0 aliphatic heterocycles. The second kappa shape index (κ2) is 7.13. The molecule has 106 valence electrons. The Morgan fingerprint density at radius 3 is 2.42 bits per heavy atom. The smallest absolute Gasteiger partial charge is 0.153 e. The molecule has 0 saturated heterocycles. The van der Waals surface area contributed by atoms with Crippen molar-refractivity contribution in [2.24, 2.45) is 5.16 Å². The molecule has 0 fully saturated rings. The lowest BCUT2D eigenvalue weighted by Gasteiger charge is -2.07. The fourth-order valence-electron chi connectivity index (χ4n) is 1.55. The topological polar surface area (TPSA) is 76.0 Å². The number of sulfone groups is 1. The van der Waals surface area contributed by atoms with Crippen molar-refractivity contribution < 1.29 is 18.4 Å². The van der Waals surface area contributed by atoms with E-state index in [1.165, 1.54) is 0 Å².